The predicted molar refractivity (Wildman–Crippen MR) is 82.6 cm³/mol. The highest BCUT2D eigenvalue weighted by atomic mass is 32.1. The lowest BCUT2D eigenvalue weighted by molar-refractivity contribution is -0.757. The van der Waals surface area contributed by atoms with E-state index in [-0.39, 0.29) is 18.1 Å². The van der Waals surface area contributed by atoms with Gasteiger partial charge in [0.15, 0.2) is 0 Å². The monoisotopic (exact) mass is 329 g/mol. The Balaban J connectivity index is 2.18. The molecule has 0 amide bonds. The standard InChI is InChI=1S/C14H23N3O4S/c1-9-11(6-7-21-17(19)20)22-12(15-9)10-8-13(2,3)16(18)14(10,4)5/h10,18H,6-8H2,1-5H3. The first kappa shape index (κ1) is 17.1. The fourth-order valence-electron chi connectivity index (χ4n) is 3.20. The van der Waals surface area contributed by atoms with Gasteiger partial charge in [-0.3, -0.25) is 0 Å². The Morgan fingerprint density at radius 3 is 2.64 bits per heavy atom. The first-order valence-corrected chi connectivity index (χ1v) is 8.10. The van der Waals surface area contributed by atoms with E-state index in [0.29, 0.717) is 6.42 Å². The molecule has 1 atom stereocenters. The molecule has 1 aliphatic rings. The summed E-state index contributed by atoms with van der Waals surface area (Å²) in [5, 5.41) is 22.3. The third-order valence-corrected chi connectivity index (χ3v) is 5.74. The van der Waals surface area contributed by atoms with Gasteiger partial charge in [-0.25, -0.2) is 4.98 Å². The number of hydroxylamine groups is 2. The van der Waals surface area contributed by atoms with Crippen LogP contribution in [0.3, 0.4) is 0 Å². The number of aromatic nitrogens is 1. The fraction of sp³-hybridized carbons (Fsp3) is 0.786. The van der Waals surface area contributed by atoms with E-state index in [1.165, 1.54) is 5.06 Å². The quantitative estimate of drug-likeness (QED) is 0.660. The van der Waals surface area contributed by atoms with Crippen molar-refractivity contribution in [3.63, 3.8) is 0 Å². The van der Waals surface area contributed by atoms with E-state index in [2.05, 4.69) is 9.82 Å². The largest absolute Gasteiger partial charge is 0.314 e. The molecule has 2 heterocycles. The normalized spacial score (nSPS) is 23.6. The summed E-state index contributed by atoms with van der Waals surface area (Å²) in [5.74, 6) is 0.126. The zero-order chi connectivity index (χ0) is 16.7. The van der Waals surface area contributed by atoms with E-state index in [9.17, 15) is 15.3 Å². The van der Waals surface area contributed by atoms with Crippen LogP contribution in [0.25, 0.3) is 0 Å². The molecule has 124 valence electrons. The second kappa shape index (κ2) is 5.75. The number of aryl methyl sites for hydroxylation is 1. The van der Waals surface area contributed by atoms with Gasteiger partial charge in [0.05, 0.1) is 16.2 Å². The van der Waals surface area contributed by atoms with Crippen LogP contribution in [0.5, 0.6) is 0 Å². The molecule has 7 nitrogen and oxygen atoms in total. The molecule has 0 bridgehead atoms. The first-order chi connectivity index (χ1) is 10.1. The molecule has 1 aliphatic heterocycles. The third-order valence-electron chi connectivity index (χ3n) is 4.41. The number of thiazole rings is 1. The molecule has 0 spiro atoms. The molecule has 0 radical (unpaired) electrons. The van der Waals surface area contributed by atoms with Gasteiger partial charge in [0.2, 0.25) is 0 Å². The molecule has 1 unspecified atom stereocenters. The molecule has 0 aromatic carbocycles. The highest BCUT2D eigenvalue weighted by molar-refractivity contribution is 7.11. The van der Waals surface area contributed by atoms with Crippen LogP contribution in [-0.4, -0.2) is 38.0 Å². The highest BCUT2D eigenvalue weighted by Crippen LogP contribution is 2.49. The number of hydrogen-bond acceptors (Lipinski definition) is 7. The van der Waals surface area contributed by atoms with Crippen molar-refractivity contribution in [3.05, 3.63) is 25.7 Å². The van der Waals surface area contributed by atoms with Crippen molar-refractivity contribution in [2.45, 2.75) is 64.5 Å². The lowest BCUT2D eigenvalue weighted by Gasteiger charge is -2.35. The molecule has 1 fully saturated rings. The van der Waals surface area contributed by atoms with Crippen LogP contribution in [0, 0.1) is 17.0 Å². The van der Waals surface area contributed by atoms with E-state index in [0.717, 1.165) is 22.0 Å². The minimum absolute atomic E-state index is 0.0428. The van der Waals surface area contributed by atoms with Crippen molar-refractivity contribution in [3.8, 4) is 0 Å². The molecular weight excluding hydrogens is 306 g/mol. The van der Waals surface area contributed by atoms with Crippen molar-refractivity contribution in [2.75, 3.05) is 6.61 Å². The fourth-order valence-corrected chi connectivity index (χ4v) is 4.53. The molecule has 1 aromatic heterocycles. The molecule has 0 saturated carbocycles. The van der Waals surface area contributed by atoms with Crippen molar-refractivity contribution >= 4 is 11.3 Å². The average Bonchev–Trinajstić information content (AvgIpc) is 2.82. The SMILES string of the molecule is Cc1nc(C2CC(C)(C)N(O)C2(C)C)sc1CCO[N+](=O)[O-]. The van der Waals surface area contributed by atoms with Gasteiger partial charge in [-0.1, -0.05) is 0 Å². The molecular formula is C14H23N3O4S. The Morgan fingerprint density at radius 2 is 2.14 bits per heavy atom. The predicted octanol–water partition coefficient (Wildman–Crippen LogP) is 2.94. The van der Waals surface area contributed by atoms with Gasteiger partial charge >= 0.3 is 0 Å². The summed E-state index contributed by atoms with van der Waals surface area (Å²) in [7, 11) is 0. The van der Waals surface area contributed by atoms with Crippen molar-refractivity contribution in [2.24, 2.45) is 0 Å². The Kier molecular flexibility index (Phi) is 4.47. The van der Waals surface area contributed by atoms with Crippen molar-refractivity contribution < 1.29 is 15.1 Å². The van der Waals surface area contributed by atoms with Gasteiger partial charge in [-0.05, 0) is 41.0 Å². The van der Waals surface area contributed by atoms with Gasteiger partial charge in [-0.2, -0.15) is 5.06 Å². The minimum Gasteiger partial charge on any atom is -0.314 e. The van der Waals surface area contributed by atoms with Gasteiger partial charge in [0, 0.05) is 22.8 Å². The minimum atomic E-state index is -0.774. The van der Waals surface area contributed by atoms with Gasteiger partial charge in [0.25, 0.3) is 5.09 Å². The van der Waals surface area contributed by atoms with E-state index in [1.54, 1.807) is 11.3 Å². The number of rotatable bonds is 5. The van der Waals surface area contributed by atoms with E-state index in [1.807, 2.05) is 34.6 Å². The molecule has 1 N–H and O–H groups in total. The van der Waals surface area contributed by atoms with Crippen LogP contribution in [0.2, 0.25) is 0 Å². The molecule has 2 rings (SSSR count). The van der Waals surface area contributed by atoms with Gasteiger partial charge in [0.1, 0.15) is 6.61 Å². The summed E-state index contributed by atoms with van der Waals surface area (Å²) in [6.07, 6.45) is 1.29. The Hall–Kier alpha value is -1.25. The number of nitrogens with zero attached hydrogens (tertiary/aromatic N) is 3. The highest BCUT2D eigenvalue weighted by Gasteiger charge is 2.52. The summed E-state index contributed by atoms with van der Waals surface area (Å²) in [6, 6.07) is 0. The summed E-state index contributed by atoms with van der Waals surface area (Å²) >= 11 is 1.56. The molecule has 22 heavy (non-hydrogen) atoms. The summed E-state index contributed by atoms with van der Waals surface area (Å²) in [6.45, 7) is 10.0. The maximum atomic E-state index is 10.4. The Bertz CT molecular complexity index is 570. The maximum Gasteiger partial charge on any atom is 0.294 e. The summed E-state index contributed by atoms with van der Waals surface area (Å²) in [4.78, 5) is 20.2. The van der Waals surface area contributed by atoms with Crippen molar-refractivity contribution in [1.82, 2.24) is 10.0 Å². The average molecular weight is 329 g/mol. The lowest BCUT2D eigenvalue weighted by Crippen LogP contribution is -2.46. The topological polar surface area (TPSA) is 88.7 Å². The maximum absolute atomic E-state index is 10.4. The van der Waals surface area contributed by atoms with Crippen LogP contribution in [0.1, 0.15) is 55.6 Å². The smallest absolute Gasteiger partial charge is 0.294 e. The zero-order valence-electron chi connectivity index (χ0n) is 13.6. The van der Waals surface area contributed by atoms with E-state index in [4.69, 9.17) is 0 Å². The molecule has 0 aliphatic carbocycles. The second-order valence-electron chi connectivity index (χ2n) is 6.90. The van der Waals surface area contributed by atoms with Crippen LogP contribution < -0.4 is 0 Å². The van der Waals surface area contributed by atoms with Crippen molar-refractivity contribution in [1.29, 1.82) is 0 Å². The van der Waals surface area contributed by atoms with Crippen LogP contribution in [-0.2, 0) is 11.3 Å². The molecule has 8 heteroatoms. The van der Waals surface area contributed by atoms with Gasteiger partial charge in [-0.15, -0.1) is 21.5 Å². The van der Waals surface area contributed by atoms with Crippen LogP contribution in [0.15, 0.2) is 0 Å². The number of hydrogen-bond donors (Lipinski definition) is 1. The summed E-state index contributed by atoms with van der Waals surface area (Å²) in [5.41, 5.74) is 0.183. The van der Waals surface area contributed by atoms with Gasteiger partial charge < -0.3 is 10.0 Å². The Labute approximate surface area is 134 Å². The van der Waals surface area contributed by atoms with Crippen LogP contribution in [0.4, 0.5) is 0 Å². The van der Waals surface area contributed by atoms with E-state index < -0.39 is 10.6 Å². The zero-order valence-corrected chi connectivity index (χ0v) is 14.4. The lowest BCUT2D eigenvalue weighted by atomic mass is 9.87. The second-order valence-corrected chi connectivity index (χ2v) is 8.02. The summed E-state index contributed by atoms with van der Waals surface area (Å²) < 4.78 is 0. The Morgan fingerprint density at radius 1 is 1.50 bits per heavy atom. The molecule has 1 saturated heterocycles. The van der Waals surface area contributed by atoms with E-state index >= 15 is 0 Å². The third kappa shape index (κ3) is 3.09. The van der Waals surface area contributed by atoms with Crippen LogP contribution >= 0.6 is 11.3 Å². The first-order valence-electron chi connectivity index (χ1n) is 7.28. The molecule has 1 aromatic rings.